The van der Waals surface area contributed by atoms with Gasteiger partial charge in [-0.25, -0.2) is 0 Å². The Morgan fingerprint density at radius 1 is 1.40 bits per heavy atom. The van der Waals surface area contributed by atoms with Crippen molar-refractivity contribution in [1.29, 1.82) is 0 Å². The minimum absolute atomic E-state index is 0.514. The lowest BCUT2D eigenvalue weighted by molar-refractivity contribution is 0.0793. The average molecular weight is 205 g/mol. The molecule has 0 amide bonds. The quantitative estimate of drug-likeness (QED) is 0.740. The Kier molecular flexibility index (Phi) is 3.37. The molecular weight excluding hydrogens is 186 g/mol. The zero-order chi connectivity index (χ0) is 10.7. The highest BCUT2D eigenvalue weighted by Crippen LogP contribution is 2.24. The van der Waals surface area contributed by atoms with Crippen molar-refractivity contribution in [3.63, 3.8) is 0 Å². The number of rotatable bonds is 2. The van der Waals surface area contributed by atoms with Crippen LogP contribution >= 0.6 is 0 Å². The highest BCUT2D eigenvalue weighted by atomic mass is 16.5. The lowest BCUT2D eigenvalue weighted by atomic mass is 9.96. The van der Waals surface area contributed by atoms with Crippen LogP contribution in [0.5, 0.6) is 0 Å². The fourth-order valence-electron chi connectivity index (χ4n) is 1.97. The summed E-state index contributed by atoms with van der Waals surface area (Å²) in [6.07, 6.45) is 4.39. The standard InChI is InChI=1S/C13H19NO/c1-10(2)11-5-6-13(14-8-11)12-4-3-7-15-9-12/h5-6,8,10,12H,3-4,7,9H2,1-2H3. The zero-order valence-corrected chi connectivity index (χ0v) is 9.57. The molecule has 2 nitrogen and oxygen atoms in total. The van der Waals surface area contributed by atoms with E-state index in [4.69, 9.17) is 4.74 Å². The molecule has 0 spiro atoms. The van der Waals surface area contributed by atoms with Crippen LogP contribution in [0.4, 0.5) is 0 Å². The van der Waals surface area contributed by atoms with Crippen molar-refractivity contribution < 1.29 is 4.74 Å². The second kappa shape index (κ2) is 4.75. The lowest BCUT2D eigenvalue weighted by Gasteiger charge is -2.21. The minimum Gasteiger partial charge on any atom is -0.381 e. The second-order valence-corrected chi connectivity index (χ2v) is 4.59. The van der Waals surface area contributed by atoms with Gasteiger partial charge in [0.15, 0.2) is 0 Å². The summed E-state index contributed by atoms with van der Waals surface area (Å²) < 4.78 is 5.47. The molecule has 82 valence electrons. The number of hydrogen-bond acceptors (Lipinski definition) is 2. The van der Waals surface area contributed by atoms with Crippen LogP contribution in [0, 0.1) is 0 Å². The second-order valence-electron chi connectivity index (χ2n) is 4.59. The number of pyridine rings is 1. The molecule has 0 aliphatic carbocycles. The van der Waals surface area contributed by atoms with Gasteiger partial charge in [0.2, 0.25) is 0 Å². The molecule has 1 atom stereocenters. The molecule has 2 heteroatoms. The number of ether oxygens (including phenoxy) is 1. The molecule has 1 aromatic heterocycles. The predicted octanol–water partition coefficient (Wildman–Crippen LogP) is 3.10. The first kappa shape index (κ1) is 10.6. The first-order chi connectivity index (χ1) is 7.27. The Hall–Kier alpha value is -0.890. The molecule has 0 N–H and O–H groups in total. The molecule has 2 rings (SSSR count). The fourth-order valence-corrected chi connectivity index (χ4v) is 1.97. The van der Waals surface area contributed by atoms with Crippen LogP contribution in [-0.2, 0) is 4.74 Å². The van der Waals surface area contributed by atoms with Crippen molar-refractivity contribution in [3.8, 4) is 0 Å². The van der Waals surface area contributed by atoms with E-state index in [0.717, 1.165) is 19.6 Å². The normalized spacial score (nSPS) is 21.9. The molecule has 15 heavy (non-hydrogen) atoms. The summed E-state index contributed by atoms with van der Waals surface area (Å²) in [6.45, 7) is 6.15. The van der Waals surface area contributed by atoms with E-state index < -0.39 is 0 Å². The van der Waals surface area contributed by atoms with Crippen LogP contribution < -0.4 is 0 Å². The first-order valence-electron chi connectivity index (χ1n) is 5.81. The molecule has 1 aromatic rings. The topological polar surface area (TPSA) is 22.1 Å². The van der Waals surface area contributed by atoms with Crippen LogP contribution in [0.15, 0.2) is 18.3 Å². The van der Waals surface area contributed by atoms with Crippen molar-refractivity contribution >= 4 is 0 Å². The predicted molar refractivity (Wildman–Crippen MR) is 61.1 cm³/mol. The Morgan fingerprint density at radius 2 is 2.27 bits per heavy atom. The summed E-state index contributed by atoms with van der Waals surface area (Å²) in [5, 5.41) is 0. The SMILES string of the molecule is CC(C)c1ccc(C2CCCOC2)nc1. The van der Waals surface area contributed by atoms with Gasteiger partial charge >= 0.3 is 0 Å². The van der Waals surface area contributed by atoms with E-state index in [1.807, 2.05) is 6.20 Å². The van der Waals surface area contributed by atoms with Gasteiger partial charge in [-0.15, -0.1) is 0 Å². The number of nitrogens with zero attached hydrogens (tertiary/aromatic N) is 1. The molecule has 1 aliphatic rings. The van der Waals surface area contributed by atoms with Gasteiger partial charge in [0.1, 0.15) is 0 Å². The van der Waals surface area contributed by atoms with E-state index in [2.05, 4.69) is 31.0 Å². The van der Waals surface area contributed by atoms with Crippen molar-refractivity contribution in [3.05, 3.63) is 29.6 Å². The maximum Gasteiger partial charge on any atom is 0.0549 e. The zero-order valence-electron chi connectivity index (χ0n) is 9.57. The average Bonchev–Trinajstić information content (AvgIpc) is 2.30. The lowest BCUT2D eigenvalue weighted by Crippen LogP contribution is -2.16. The fraction of sp³-hybridized carbons (Fsp3) is 0.615. The summed E-state index contributed by atoms with van der Waals surface area (Å²) in [4.78, 5) is 4.54. The van der Waals surface area contributed by atoms with Crippen molar-refractivity contribution in [2.75, 3.05) is 13.2 Å². The molecule has 0 radical (unpaired) electrons. The van der Waals surface area contributed by atoms with E-state index in [9.17, 15) is 0 Å². The summed E-state index contributed by atoms with van der Waals surface area (Å²) in [6, 6.07) is 4.36. The molecule has 0 aromatic carbocycles. The minimum atomic E-state index is 0.514. The smallest absolute Gasteiger partial charge is 0.0549 e. The van der Waals surface area contributed by atoms with Crippen LogP contribution in [0.25, 0.3) is 0 Å². The maximum atomic E-state index is 5.47. The van der Waals surface area contributed by atoms with Gasteiger partial charge in [-0.2, -0.15) is 0 Å². The van der Waals surface area contributed by atoms with Gasteiger partial charge in [-0.05, 0) is 30.4 Å². The van der Waals surface area contributed by atoms with Crippen LogP contribution in [-0.4, -0.2) is 18.2 Å². The Bertz CT molecular complexity index is 299. The molecule has 0 saturated carbocycles. The van der Waals surface area contributed by atoms with Gasteiger partial charge in [-0.1, -0.05) is 19.9 Å². The van der Waals surface area contributed by atoms with Gasteiger partial charge < -0.3 is 4.74 Å². The van der Waals surface area contributed by atoms with Crippen molar-refractivity contribution in [1.82, 2.24) is 4.98 Å². The summed E-state index contributed by atoms with van der Waals surface area (Å²) in [5.74, 6) is 1.08. The largest absolute Gasteiger partial charge is 0.381 e. The van der Waals surface area contributed by atoms with Gasteiger partial charge in [-0.3, -0.25) is 4.98 Å². The van der Waals surface area contributed by atoms with E-state index in [1.54, 1.807) is 0 Å². The third-order valence-electron chi connectivity index (χ3n) is 3.05. The molecule has 1 aliphatic heterocycles. The van der Waals surface area contributed by atoms with Crippen molar-refractivity contribution in [2.24, 2.45) is 0 Å². The van der Waals surface area contributed by atoms with Crippen LogP contribution in [0.3, 0.4) is 0 Å². The Morgan fingerprint density at radius 3 is 2.80 bits per heavy atom. The monoisotopic (exact) mass is 205 g/mol. The van der Waals surface area contributed by atoms with E-state index >= 15 is 0 Å². The van der Waals surface area contributed by atoms with E-state index in [-0.39, 0.29) is 0 Å². The van der Waals surface area contributed by atoms with Crippen molar-refractivity contribution in [2.45, 2.75) is 38.5 Å². The molecule has 1 unspecified atom stereocenters. The summed E-state index contributed by atoms with van der Waals surface area (Å²) in [5.41, 5.74) is 2.51. The highest BCUT2D eigenvalue weighted by Gasteiger charge is 2.17. The maximum absolute atomic E-state index is 5.47. The molecule has 0 bridgehead atoms. The third-order valence-corrected chi connectivity index (χ3v) is 3.05. The summed E-state index contributed by atoms with van der Waals surface area (Å²) >= 11 is 0. The van der Waals surface area contributed by atoms with E-state index in [1.165, 1.54) is 17.7 Å². The van der Waals surface area contributed by atoms with Crippen LogP contribution in [0.2, 0.25) is 0 Å². The van der Waals surface area contributed by atoms with Gasteiger partial charge in [0.25, 0.3) is 0 Å². The third kappa shape index (κ3) is 2.57. The number of aromatic nitrogens is 1. The van der Waals surface area contributed by atoms with E-state index in [0.29, 0.717) is 11.8 Å². The first-order valence-corrected chi connectivity index (χ1v) is 5.81. The summed E-state index contributed by atoms with van der Waals surface area (Å²) in [7, 11) is 0. The van der Waals surface area contributed by atoms with Gasteiger partial charge in [0.05, 0.1) is 6.61 Å². The molecule has 1 saturated heterocycles. The molecule has 1 fully saturated rings. The number of hydrogen-bond donors (Lipinski definition) is 0. The Balaban J connectivity index is 2.08. The molecular formula is C13H19NO. The Labute approximate surface area is 91.7 Å². The highest BCUT2D eigenvalue weighted by molar-refractivity contribution is 5.19. The van der Waals surface area contributed by atoms with Crippen LogP contribution in [0.1, 0.15) is 49.8 Å². The molecule has 2 heterocycles. The van der Waals surface area contributed by atoms with Gasteiger partial charge in [0, 0.05) is 24.4 Å².